The zero-order chi connectivity index (χ0) is 15.6. The van der Waals surface area contributed by atoms with Crippen molar-refractivity contribution in [3.63, 3.8) is 0 Å². The van der Waals surface area contributed by atoms with Crippen molar-refractivity contribution in [3.05, 3.63) is 72.2 Å². The molecule has 1 aliphatic rings. The third-order valence-corrected chi connectivity index (χ3v) is 5.46. The molecule has 1 heterocycles. The molecule has 0 radical (unpaired) electrons. The van der Waals surface area contributed by atoms with E-state index < -0.39 is 10.0 Å². The lowest BCUT2D eigenvalue weighted by Crippen LogP contribution is -2.29. The van der Waals surface area contributed by atoms with Gasteiger partial charge < -0.3 is 0 Å². The Morgan fingerprint density at radius 3 is 2.32 bits per heavy atom. The Morgan fingerprint density at radius 2 is 1.64 bits per heavy atom. The largest absolute Gasteiger partial charge is 0.273 e. The average molecular weight is 317 g/mol. The third-order valence-electron chi connectivity index (χ3n) is 3.69. The monoisotopic (exact) mass is 317 g/mol. The van der Waals surface area contributed by atoms with Gasteiger partial charge in [-0.25, -0.2) is 12.8 Å². The van der Waals surface area contributed by atoms with E-state index in [-0.39, 0.29) is 10.7 Å². The molecule has 0 saturated carbocycles. The lowest BCUT2D eigenvalue weighted by molar-refractivity contribution is 0.480. The number of benzene rings is 2. The summed E-state index contributed by atoms with van der Waals surface area (Å²) >= 11 is 0. The van der Waals surface area contributed by atoms with E-state index in [4.69, 9.17) is 0 Å². The highest BCUT2D eigenvalue weighted by Gasteiger charge is 2.24. The summed E-state index contributed by atoms with van der Waals surface area (Å²) in [6.45, 7) is 0.460. The molecule has 5 heteroatoms. The SMILES string of the molecule is O=S(=O)(c1ccccc1)N1C=C(c2ccc(F)cc2)CCC1. The molecular weight excluding hydrogens is 301 g/mol. The standard InChI is InChI=1S/C17H16FNO2S/c18-16-10-8-14(9-11-16)15-5-4-12-19(13-15)22(20,21)17-6-2-1-3-7-17/h1-3,6-11,13H,4-5,12H2. The molecule has 1 aliphatic heterocycles. The van der Waals surface area contributed by atoms with E-state index in [1.807, 2.05) is 0 Å². The smallest absolute Gasteiger partial charge is 0.263 e. The highest BCUT2D eigenvalue weighted by molar-refractivity contribution is 7.89. The number of allylic oxidation sites excluding steroid dienone is 1. The van der Waals surface area contributed by atoms with Gasteiger partial charge in [0.1, 0.15) is 5.82 Å². The molecule has 0 aliphatic carbocycles. The van der Waals surface area contributed by atoms with Crippen LogP contribution in [0.15, 0.2) is 65.7 Å². The predicted molar refractivity (Wildman–Crippen MR) is 83.9 cm³/mol. The predicted octanol–water partition coefficient (Wildman–Crippen LogP) is 3.65. The van der Waals surface area contributed by atoms with Crippen LogP contribution in [0.2, 0.25) is 0 Å². The minimum absolute atomic E-state index is 0.284. The van der Waals surface area contributed by atoms with E-state index in [9.17, 15) is 12.8 Å². The summed E-state index contributed by atoms with van der Waals surface area (Å²) < 4.78 is 39.7. The van der Waals surface area contributed by atoms with Gasteiger partial charge in [-0.3, -0.25) is 4.31 Å². The molecule has 0 atom stereocenters. The zero-order valence-corrected chi connectivity index (χ0v) is 12.8. The summed E-state index contributed by atoms with van der Waals surface area (Å²) in [5, 5.41) is 0. The van der Waals surface area contributed by atoms with Crippen LogP contribution >= 0.6 is 0 Å². The average Bonchev–Trinajstić information content (AvgIpc) is 2.56. The first-order valence-corrected chi connectivity index (χ1v) is 8.55. The maximum absolute atomic E-state index is 13.0. The fourth-order valence-corrected chi connectivity index (χ4v) is 3.94. The van der Waals surface area contributed by atoms with Crippen molar-refractivity contribution in [2.75, 3.05) is 6.54 Å². The summed E-state index contributed by atoms with van der Waals surface area (Å²) in [4.78, 5) is 0.284. The van der Waals surface area contributed by atoms with Crippen LogP contribution in [-0.2, 0) is 10.0 Å². The fraction of sp³-hybridized carbons (Fsp3) is 0.176. The number of halogens is 1. The molecule has 3 rings (SSSR count). The first kappa shape index (κ1) is 14.8. The van der Waals surface area contributed by atoms with E-state index in [0.717, 1.165) is 24.0 Å². The van der Waals surface area contributed by atoms with Gasteiger partial charge in [-0.1, -0.05) is 30.3 Å². The molecule has 114 valence electrons. The maximum atomic E-state index is 13.0. The summed E-state index contributed by atoms with van der Waals surface area (Å²) in [5.41, 5.74) is 1.76. The summed E-state index contributed by atoms with van der Waals surface area (Å²) in [6.07, 6.45) is 3.20. The van der Waals surface area contributed by atoms with Gasteiger partial charge in [0.05, 0.1) is 4.90 Å². The van der Waals surface area contributed by atoms with Gasteiger partial charge in [0.15, 0.2) is 0 Å². The Balaban J connectivity index is 1.95. The zero-order valence-electron chi connectivity index (χ0n) is 11.9. The quantitative estimate of drug-likeness (QED) is 0.866. The normalized spacial score (nSPS) is 15.5. The maximum Gasteiger partial charge on any atom is 0.263 e. The Labute approximate surface area is 129 Å². The molecule has 2 aromatic rings. The number of hydrogen-bond donors (Lipinski definition) is 0. The van der Waals surface area contributed by atoms with Gasteiger partial charge >= 0.3 is 0 Å². The van der Waals surface area contributed by atoms with Crippen molar-refractivity contribution in [2.24, 2.45) is 0 Å². The van der Waals surface area contributed by atoms with E-state index in [1.54, 1.807) is 48.7 Å². The van der Waals surface area contributed by atoms with Gasteiger partial charge in [0.2, 0.25) is 0 Å². The van der Waals surface area contributed by atoms with Crippen LogP contribution in [0.4, 0.5) is 4.39 Å². The molecule has 0 aromatic heterocycles. The van der Waals surface area contributed by atoms with Crippen molar-refractivity contribution in [1.82, 2.24) is 4.31 Å². The second kappa shape index (κ2) is 5.93. The van der Waals surface area contributed by atoms with Gasteiger partial charge in [-0.05, 0) is 48.2 Å². The summed E-state index contributed by atoms with van der Waals surface area (Å²) in [7, 11) is -3.53. The van der Waals surface area contributed by atoms with Crippen molar-refractivity contribution in [3.8, 4) is 0 Å². The van der Waals surface area contributed by atoms with Gasteiger partial charge in [0, 0.05) is 12.7 Å². The molecule has 0 unspecified atom stereocenters. The van der Waals surface area contributed by atoms with Crippen molar-refractivity contribution in [2.45, 2.75) is 17.7 Å². The topological polar surface area (TPSA) is 37.4 Å². The summed E-state index contributed by atoms with van der Waals surface area (Å²) in [5.74, 6) is -0.297. The lowest BCUT2D eigenvalue weighted by atomic mass is 10.0. The highest BCUT2D eigenvalue weighted by atomic mass is 32.2. The summed E-state index contributed by atoms with van der Waals surface area (Å²) in [6, 6.07) is 14.5. The van der Waals surface area contributed by atoms with Crippen LogP contribution in [-0.4, -0.2) is 19.3 Å². The van der Waals surface area contributed by atoms with Gasteiger partial charge in [-0.2, -0.15) is 0 Å². The minimum Gasteiger partial charge on any atom is -0.273 e. The van der Waals surface area contributed by atoms with E-state index >= 15 is 0 Å². The number of sulfonamides is 1. The van der Waals surface area contributed by atoms with E-state index in [1.165, 1.54) is 16.4 Å². The van der Waals surface area contributed by atoms with Crippen molar-refractivity contribution < 1.29 is 12.8 Å². The first-order valence-electron chi connectivity index (χ1n) is 7.11. The first-order chi connectivity index (χ1) is 10.6. The van der Waals surface area contributed by atoms with E-state index in [2.05, 4.69) is 0 Å². The van der Waals surface area contributed by atoms with Crippen LogP contribution in [0.5, 0.6) is 0 Å². The highest BCUT2D eigenvalue weighted by Crippen LogP contribution is 2.28. The molecule has 0 spiro atoms. The molecule has 0 saturated heterocycles. The molecule has 3 nitrogen and oxygen atoms in total. The van der Waals surface area contributed by atoms with Crippen LogP contribution in [0.1, 0.15) is 18.4 Å². The second-order valence-corrected chi connectivity index (χ2v) is 7.08. The number of hydrogen-bond acceptors (Lipinski definition) is 2. The fourth-order valence-electron chi connectivity index (χ4n) is 2.53. The minimum atomic E-state index is -3.53. The second-order valence-electron chi connectivity index (χ2n) is 5.19. The van der Waals surface area contributed by atoms with Crippen molar-refractivity contribution in [1.29, 1.82) is 0 Å². The number of nitrogens with zero attached hydrogens (tertiary/aromatic N) is 1. The molecular formula is C17H16FNO2S. The Bertz CT molecular complexity index is 783. The van der Waals surface area contributed by atoms with E-state index in [0.29, 0.717) is 6.54 Å². The van der Waals surface area contributed by atoms with Crippen LogP contribution < -0.4 is 0 Å². The van der Waals surface area contributed by atoms with Crippen molar-refractivity contribution >= 4 is 15.6 Å². The molecule has 22 heavy (non-hydrogen) atoms. The Hall–Kier alpha value is -2.14. The van der Waals surface area contributed by atoms with Gasteiger partial charge in [0.25, 0.3) is 10.0 Å². The molecule has 0 N–H and O–H groups in total. The Morgan fingerprint density at radius 1 is 0.955 bits per heavy atom. The van der Waals surface area contributed by atoms with Crippen LogP contribution in [0.3, 0.4) is 0 Å². The van der Waals surface area contributed by atoms with Crippen LogP contribution in [0.25, 0.3) is 5.57 Å². The van der Waals surface area contributed by atoms with Crippen LogP contribution in [0, 0.1) is 5.82 Å². The third kappa shape index (κ3) is 2.90. The molecule has 2 aromatic carbocycles. The Kier molecular flexibility index (Phi) is 3.98. The molecule has 0 bridgehead atoms. The molecule has 0 fully saturated rings. The van der Waals surface area contributed by atoms with Gasteiger partial charge in [-0.15, -0.1) is 0 Å². The molecule has 0 amide bonds. The lowest BCUT2D eigenvalue weighted by Gasteiger charge is -2.26. The number of rotatable bonds is 3.